The van der Waals surface area contributed by atoms with Gasteiger partial charge in [-0.1, -0.05) is 40.2 Å². The van der Waals surface area contributed by atoms with Gasteiger partial charge < -0.3 is 15.9 Å². The average Bonchev–Trinajstić information content (AvgIpc) is 2.27. The Labute approximate surface area is 91.7 Å². The minimum absolute atomic E-state index is 0.0569. The molecule has 14 heavy (non-hydrogen) atoms. The smallest absolute Gasteiger partial charge is 0.106 e. The van der Waals surface area contributed by atoms with E-state index in [0.717, 1.165) is 10.9 Å². The summed E-state index contributed by atoms with van der Waals surface area (Å²) in [5.41, 5.74) is 7.06. The molecule has 78 valence electrons. The zero-order chi connectivity index (χ0) is 10.6. The van der Waals surface area contributed by atoms with Crippen molar-refractivity contribution in [2.24, 2.45) is 5.73 Å². The second-order valence-electron chi connectivity index (χ2n) is 3.12. The average molecular weight is 260 g/mol. The van der Waals surface area contributed by atoms with Crippen molar-refractivity contribution in [2.45, 2.75) is 17.5 Å². The molecule has 0 amide bonds. The molecule has 4 heteroatoms. The summed E-state index contributed by atoms with van der Waals surface area (Å²) in [6.45, 7) is 0.0569. The van der Waals surface area contributed by atoms with Gasteiger partial charge in [0.15, 0.2) is 0 Å². The Morgan fingerprint density at radius 1 is 1.21 bits per heavy atom. The van der Waals surface area contributed by atoms with Crippen LogP contribution in [0.25, 0.3) is 0 Å². The van der Waals surface area contributed by atoms with Gasteiger partial charge in [-0.15, -0.1) is 0 Å². The molecule has 2 unspecified atom stereocenters. The second kappa shape index (κ2) is 5.46. The molecule has 0 radical (unpaired) electrons. The van der Waals surface area contributed by atoms with E-state index >= 15 is 0 Å². The van der Waals surface area contributed by atoms with Crippen LogP contribution in [0.5, 0.6) is 0 Å². The summed E-state index contributed by atoms with van der Waals surface area (Å²) >= 11 is 3.33. The Hall–Kier alpha value is -0.420. The van der Waals surface area contributed by atoms with Gasteiger partial charge in [0.2, 0.25) is 0 Å². The van der Waals surface area contributed by atoms with Gasteiger partial charge in [0.1, 0.15) is 6.10 Å². The maximum atomic E-state index is 9.61. The van der Waals surface area contributed by atoms with Crippen LogP contribution in [0.4, 0.5) is 0 Å². The quantitative estimate of drug-likeness (QED) is 0.706. The molecule has 0 aliphatic heterocycles. The molecule has 4 N–H and O–H groups in total. The maximum Gasteiger partial charge on any atom is 0.106 e. The summed E-state index contributed by atoms with van der Waals surface area (Å²) in [6, 6.07) is 7.38. The Kier molecular flexibility index (Phi) is 4.54. The third-order valence-corrected chi connectivity index (χ3v) is 2.73. The van der Waals surface area contributed by atoms with E-state index in [-0.39, 0.29) is 6.54 Å². The molecule has 1 aromatic carbocycles. The predicted octanol–water partition coefficient (Wildman–Crippen LogP) is 0.935. The minimum Gasteiger partial charge on any atom is -0.389 e. The first-order valence-corrected chi connectivity index (χ1v) is 5.52. The molecular formula is C10H14BrNO2. The minimum atomic E-state index is -0.899. The number of rotatable bonds is 4. The van der Waals surface area contributed by atoms with Crippen LogP contribution in [0, 0.1) is 0 Å². The third kappa shape index (κ3) is 2.78. The van der Waals surface area contributed by atoms with Crippen molar-refractivity contribution in [2.75, 3.05) is 6.54 Å². The Morgan fingerprint density at radius 3 is 2.21 bits per heavy atom. The van der Waals surface area contributed by atoms with E-state index < -0.39 is 12.2 Å². The zero-order valence-corrected chi connectivity index (χ0v) is 9.31. The van der Waals surface area contributed by atoms with Crippen molar-refractivity contribution in [1.82, 2.24) is 0 Å². The highest BCUT2D eigenvalue weighted by Gasteiger charge is 2.15. The zero-order valence-electron chi connectivity index (χ0n) is 7.73. The van der Waals surface area contributed by atoms with Gasteiger partial charge in [0.05, 0.1) is 6.10 Å². The van der Waals surface area contributed by atoms with Gasteiger partial charge in [-0.25, -0.2) is 0 Å². The number of halogens is 1. The van der Waals surface area contributed by atoms with E-state index in [0.29, 0.717) is 5.56 Å². The molecule has 3 nitrogen and oxygen atoms in total. The van der Waals surface area contributed by atoms with Crippen molar-refractivity contribution < 1.29 is 10.2 Å². The lowest BCUT2D eigenvalue weighted by atomic mass is 10.0. The SMILES string of the molecule is NCC(O)C(O)c1ccc(CBr)cc1. The number of aliphatic hydroxyl groups is 2. The van der Waals surface area contributed by atoms with Gasteiger partial charge in [0.25, 0.3) is 0 Å². The molecule has 0 fully saturated rings. The van der Waals surface area contributed by atoms with Crippen LogP contribution < -0.4 is 5.73 Å². The molecule has 0 saturated carbocycles. The lowest BCUT2D eigenvalue weighted by Gasteiger charge is -2.16. The molecule has 1 aromatic rings. The van der Waals surface area contributed by atoms with Gasteiger partial charge in [-0.2, -0.15) is 0 Å². The molecule has 0 heterocycles. The number of benzene rings is 1. The number of hydrogen-bond acceptors (Lipinski definition) is 3. The first kappa shape index (κ1) is 11.7. The van der Waals surface area contributed by atoms with Crippen molar-refractivity contribution in [3.05, 3.63) is 35.4 Å². The summed E-state index contributed by atoms with van der Waals surface area (Å²) in [5.74, 6) is 0. The van der Waals surface area contributed by atoms with Gasteiger partial charge in [-0.3, -0.25) is 0 Å². The van der Waals surface area contributed by atoms with Gasteiger partial charge in [-0.05, 0) is 11.1 Å². The second-order valence-corrected chi connectivity index (χ2v) is 3.68. The summed E-state index contributed by atoms with van der Waals surface area (Å²) in [6.07, 6.45) is -1.80. The van der Waals surface area contributed by atoms with Gasteiger partial charge in [0, 0.05) is 11.9 Å². The first-order valence-electron chi connectivity index (χ1n) is 4.40. The van der Waals surface area contributed by atoms with Crippen LogP contribution >= 0.6 is 15.9 Å². The van der Waals surface area contributed by atoms with E-state index in [9.17, 15) is 10.2 Å². The van der Waals surface area contributed by atoms with Crippen LogP contribution in [-0.2, 0) is 5.33 Å². The Bertz CT molecular complexity index is 276. The first-order chi connectivity index (χ1) is 6.69. The molecule has 0 aromatic heterocycles. The fourth-order valence-electron chi connectivity index (χ4n) is 1.15. The lowest BCUT2D eigenvalue weighted by molar-refractivity contribution is 0.0243. The highest BCUT2D eigenvalue weighted by Crippen LogP contribution is 2.17. The topological polar surface area (TPSA) is 66.5 Å². The fraction of sp³-hybridized carbons (Fsp3) is 0.400. The number of hydrogen-bond donors (Lipinski definition) is 3. The number of nitrogens with two attached hydrogens (primary N) is 1. The Morgan fingerprint density at radius 2 is 1.79 bits per heavy atom. The van der Waals surface area contributed by atoms with Gasteiger partial charge >= 0.3 is 0 Å². The molecule has 0 aliphatic rings. The molecule has 0 aliphatic carbocycles. The number of alkyl halides is 1. The molecule has 2 atom stereocenters. The van der Waals surface area contributed by atoms with Crippen LogP contribution in [0.3, 0.4) is 0 Å². The van der Waals surface area contributed by atoms with Crippen molar-refractivity contribution in [3.63, 3.8) is 0 Å². The summed E-state index contributed by atoms with van der Waals surface area (Å²) < 4.78 is 0. The van der Waals surface area contributed by atoms with E-state index in [1.807, 2.05) is 12.1 Å². The largest absolute Gasteiger partial charge is 0.389 e. The van der Waals surface area contributed by atoms with Crippen molar-refractivity contribution in [1.29, 1.82) is 0 Å². The normalized spacial score (nSPS) is 15.1. The Balaban J connectivity index is 2.75. The lowest BCUT2D eigenvalue weighted by Crippen LogP contribution is -2.27. The molecular weight excluding hydrogens is 246 g/mol. The molecule has 0 saturated heterocycles. The third-order valence-electron chi connectivity index (χ3n) is 2.08. The van der Waals surface area contributed by atoms with Crippen LogP contribution in [0.15, 0.2) is 24.3 Å². The standard InChI is InChI=1S/C10H14BrNO2/c11-5-7-1-3-8(4-2-7)10(14)9(13)6-12/h1-4,9-10,13-14H,5-6,12H2. The molecule has 0 bridgehead atoms. The monoisotopic (exact) mass is 259 g/mol. The van der Waals surface area contributed by atoms with E-state index in [1.54, 1.807) is 12.1 Å². The highest BCUT2D eigenvalue weighted by atomic mass is 79.9. The summed E-state index contributed by atoms with van der Waals surface area (Å²) in [7, 11) is 0. The van der Waals surface area contributed by atoms with E-state index in [2.05, 4.69) is 15.9 Å². The van der Waals surface area contributed by atoms with Crippen molar-refractivity contribution >= 4 is 15.9 Å². The predicted molar refractivity (Wildman–Crippen MR) is 59.1 cm³/mol. The van der Waals surface area contributed by atoms with E-state index in [1.165, 1.54) is 0 Å². The molecule has 1 rings (SSSR count). The fourth-order valence-corrected chi connectivity index (χ4v) is 1.53. The van der Waals surface area contributed by atoms with Crippen LogP contribution in [0.2, 0.25) is 0 Å². The van der Waals surface area contributed by atoms with Crippen LogP contribution in [0.1, 0.15) is 17.2 Å². The van der Waals surface area contributed by atoms with Crippen molar-refractivity contribution in [3.8, 4) is 0 Å². The number of aliphatic hydroxyl groups excluding tert-OH is 2. The highest BCUT2D eigenvalue weighted by molar-refractivity contribution is 9.08. The van der Waals surface area contributed by atoms with E-state index in [4.69, 9.17) is 5.73 Å². The maximum absolute atomic E-state index is 9.61. The van der Waals surface area contributed by atoms with Crippen LogP contribution in [-0.4, -0.2) is 22.9 Å². The summed E-state index contributed by atoms with van der Waals surface area (Å²) in [5, 5.41) is 19.7. The molecule has 0 spiro atoms. The summed E-state index contributed by atoms with van der Waals surface area (Å²) in [4.78, 5) is 0.